The molecule has 2 aliphatic rings. The number of aryl methyl sites for hydroxylation is 1. The van der Waals surface area contributed by atoms with Gasteiger partial charge < -0.3 is 4.57 Å². The predicted molar refractivity (Wildman–Crippen MR) is 161 cm³/mol. The summed E-state index contributed by atoms with van der Waals surface area (Å²) in [6, 6.07) is 22.8. The minimum atomic E-state index is -0.159. The van der Waals surface area contributed by atoms with Crippen LogP contribution in [0.25, 0.3) is 38.6 Å². The molecule has 3 aromatic carbocycles. The van der Waals surface area contributed by atoms with Crippen LogP contribution in [0.15, 0.2) is 90.5 Å². The van der Waals surface area contributed by atoms with Crippen molar-refractivity contribution in [2.75, 3.05) is 0 Å². The number of para-hydroxylation sites is 1. The van der Waals surface area contributed by atoms with E-state index in [1.54, 1.807) is 0 Å². The Labute approximate surface area is 220 Å². The molecule has 0 radical (unpaired) electrons. The van der Waals surface area contributed by atoms with Crippen LogP contribution in [0, 0.1) is 5.92 Å². The van der Waals surface area contributed by atoms with Crippen molar-refractivity contribution in [1.29, 1.82) is 0 Å². The number of aromatic nitrogens is 1. The molecule has 2 heteroatoms. The first kappa shape index (κ1) is 23.7. The minimum Gasteiger partial charge on any atom is -0.309 e. The van der Waals surface area contributed by atoms with Gasteiger partial charge >= 0.3 is 0 Å². The highest BCUT2D eigenvalue weighted by molar-refractivity contribution is 6.09. The van der Waals surface area contributed by atoms with E-state index in [0.717, 1.165) is 19.3 Å². The molecule has 0 amide bonds. The first-order valence-corrected chi connectivity index (χ1v) is 13.9. The molecule has 2 heterocycles. The van der Waals surface area contributed by atoms with Crippen LogP contribution < -0.4 is 0 Å². The molecule has 37 heavy (non-hydrogen) atoms. The molecule has 4 aromatic rings. The molecule has 1 atom stereocenters. The summed E-state index contributed by atoms with van der Waals surface area (Å²) >= 11 is 0. The normalized spacial score (nSPS) is 20.4. The minimum absolute atomic E-state index is 0.159. The fourth-order valence-corrected chi connectivity index (χ4v) is 6.64. The van der Waals surface area contributed by atoms with Crippen molar-refractivity contribution in [3.8, 4) is 5.69 Å². The fraction of sp³-hybridized carbons (Fsp3) is 0.286. The summed E-state index contributed by atoms with van der Waals surface area (Å²) in [4.78, 5) is 5.10. The Balaban J connectivity index is 1.57. The van der Waals surface area contributed by atoms with Crippen LogP contribution in [0.1, 0.15) is 63.1 Å². The topological polar surface area (TPSA) is 17.3 Å². The van der Waals surface area contributed by atoms with E-state index in [1.807, 2.05) is 6.21 Å². The van der Waals surface area contributed by atoms with Crippen molar-refractivity contribution >= 4 is 39.2 Å². The Kier molecular flexibility index (Phi) is 5.99. The fourth-order valence-electron chi connectivity index (χ4n) is 6.64. The van der Waals surface area contributed by atoms with Crippen molar-refractivity contribution in [3.63, 3.8) is 0 Å². The zero-order valence-corrected chi connectivity index (χ0v) is 22.3. The smallest absolute Gasteiger partial charge is 0.0711 e. The maximum absolute atomic E-state index is 5.10. The van der Waals surface area contributed by atoms with Gasteiger partial charge in [-0.2, -0.15) is 0 Å². The Bertz CT molecular complexity index is 1600. The molecule has 1 unspecified atom stereocenters. The molecule has 0 fully saturated rings. The van der Waals surface area contributed by atoms with E-state index < -0.39 is 0 Å². The van der Waals surface area contributed by atoms with E-state index in [4.69, 9.17) is 4.99 Å². The van der Waals surface area contributed by atoms with E-state index in [0.29, 0.717) is 0 Å². The molecule has 1 aromatic heterocycles. The van der Waals surface area contributed by atoms with Gasteiger partial charge in [0.2, 0.25) is 0 Å². The lowest BCUT2D eigenvalue weighted by Gasteiger charge is -2.36. The standard InChI is InChI=1S/C35H36N2/c1-5-8-13-25-17-19-29-28-14-9-10-16-32(28)37(33(29)22-25)26-18-20-27-24(4)34-30(31(27)23-26)15-11-12-21-36-35(34,6-2)7-3/h9-12,14-23,34H,4-8,13H2,1-3H3/b12-11-,30-15-,36-21?. The summed E-state index contributed by atoms with van der Waals surface area (Å²) in [5, 5.41) is 2.62. The monoisotopic (exact) mass is 484 g/mol. The maximum atomic E-state index is 5.10. The molecule has 0 saturated heterocycles. The van der Waals surface area contributed by atoms with E-state index in [1.165, 1.54) is 68.2 Å². The van der Waals surface area contributed by atoms with Crippen molar-refractivity contribution in [2.24, 2.45) is 10.9 Å². The molecular formula is C35H36N2. The lowest BCUT2D eigenvalue weighted by atomic mass is 9.74. The highest BCUT2D eigenvalue weighted by Crippen LogP contribution is 2.53. The van der Waals surface area contributed by atoms with Gasteiger partial charge in [0.15, 0.2) is 0 Å². The van der Waals surface area contributed by atoms with Gasteiger partial charge in [0, 0.05) is 28.6 Å². The van der Waals surface area contributed by atoms with Gasteiger partial charge in [-0.15, -0.1) is 0 Å². The van der Waals surface area contributed by atoms with Gasteiger partial charge in [-0.3, -0.25) is 4.99 Å². The van der Waals surface area contributed by atoms with Crippen LogP contribution >= 0.6 is 0 Å². The van der Waals surface area contributed by atoms with E-state index in [9.17, 15) is 0 Å². The zero-order valence-electron chi connectivity index (χ0n) is 22.3. The van der Waals surface area contributed by atoms with Crippen molar-refractivity contribution in [1.82, 2.24) is 4.57 Å². The Morgan fingerprint density at radius 2 is 1.68 bits per heavy atom. The van der Waals surface area contributed by atoms with Gasteiger partial charge in [0.1, 0.15) is 0 Å². The van der Waals surface area contributed by atoms with Crippen molar-refractivity contribution < 1.29 is 0 Å². The number of fused-ring (bicyclic) bond motifs is 6. The van der Waals surface area contributed by atoms with Crippen LogP contribution in [0.4, 0.5) is 0 Å². The SMILES string of the molecule is C=C1c2ccc(-n3c4ccccc4c4ccc(CCCC)cc43)cc2/C2=C/C=C\C=NC(CC)(CC)C12. The highest BCUT2D eigenvalue weighted by Gasteiger charge is 2.44. The lowest BCUT2D eigenvalue weighted by Crippen LogP contribution is -2.34. The number of hydrogen-bond acceptors (Lipinski definition) is 1. The molecule has 0 spiro atoms. The number of allylic oxidation sites excluding steroid dienone is 3. The van der Waals surface area contributed by atoms with Crippen molar-refractivity contribution in [3.05, 3.63) is 102 Å². The Morgan fingerprint density at radius 3 is 2.49 bits per heavy atom. The van der Waals surface area contributed by atoms with Gasteiger partial charge in [0.05, 0.1) is 16.6 Å². The molecule has 6 rings (SSSR count). The summed E-state index contributed by atoms with van der Waals surface area (Å²) in [6.07, 6.45) is 14.0. The highest BCUT2D eigenvalue weighted by atomic mass is 15.0. The second-order valence-electron chi connectivity index (χ2n) is 10.6. The third-order valence-electron chi connectivity index (χ3n) is 8.70. The average molecular weight is 485 g/mol. The zero-order chi connectivity index (χ0) is 25.6. The van der Waals surface area contributed by atoms with Crippen LogP contribution in [0.3, 0.4) is 0 Å². The Hall–Kier alpha value is -3.65. The number of rotatable bonds is 6. The van der Waals surface area contributed by atoms with Crippen LogP contribution in [0.2, 0.25) is 0 Å². The predicted octanol–water partition coefficient (Wildman–Crippen LogP) is 9.35. The number of nitrogens with zero attached hydrogens (tertiary/aromatic N) is 2. The molecule has 1 aliphatic heterocycles. The van der Waals surface area contributed by atoms with E-state index in [2.05, 4.69) is 111 Å². The Morgan fingerprint density at radius 1 is 0.865 bits per heavy atom. The van der Waals surface area contributed by atoms with E-state index >= 15 is 0 Å². The number of aliphatic imine (C=N–C) groups is 1. The summed E-state index contributed by atoms with van der Waals surface area (Å²) in [6.45, 7) is 11.4. The largest absolute Gasteiger partial charge is 0.309 e. The maximum Gasteiger partial charge on any atom is 0.0711 e. The van der Waals surface area contributed by atoms with E-state index in [-0.39, 0.29) is 11.5 Å². The molecule has 2 nitrogen and oxygen atoms in total. The second-order valence-corrected chi connectivity index (χ2v) is 10.6. The third-order valence-corrected chi connectivity index (χ3v) is 8.70. The molecule has 0 saturated carbocycles. The first-order valence-electron chi connectivity index (χ1n) is 13.9. The average Bonchev–Trinajstić information content (AvgIpc) is 3.39. The molecule has 186 valence electrons. The van der Waals surface area contributed by atoms with Crippen LogP contribution in [0.5, 0.6) is 0 Å². The molecular weight excluding hydrogens is 448 g/mol. The van der Waals surface area contributed by atoms with Gasteiger partial charge in [-0.25, -0.2) is 0 Å². The van der Waals surface area contributed by atoms with Crippen molar-refractivity contribution in [2.45, 2.75) is 58.4 Å². The summed E-state index contributed by atoms with van der Waals surface area (Å²) in [5.74, 6) is 0.202. The second kappa shape index (κ2) is 9.34. The molecule has 1 aliphatic carbocycles. The summed E-state index contributed by atoms with van der Waals surface area (Å²) in [7, 11) is 0. The third kappa shape index (κ3) is 3.65. The number of hydrogen-bond donors (Lipinski definition) is 0. The molecule has 0 bridgehead atoms. The lowest BCUT2D eigenvalue weighted by molar-refractivity contribution is 0.361. The van der Waals surface area contributed by atoms with Gasteiger partial charge in [-0.1, -0.05) is 82.3 Å². The van der Waals surface area contributed by atoms with Gasteiger partial charge in [-0.05, 0) is 83.9 Å². The quantitative estimate of drug-likeness (QED) is 0.259. The number of unbranched alkanes of at least 4 members (excludes halogenated alkanes) is 1. The summed E-state index contributed by atoms with van der Waals surface area (Å²) < 4.78 is 2.46. The van der Waals surface area contributed by atoms with Crippen LogP contribution in [-0.2, 0) is 6.42 Å². The van der Waals surface area contributed by atoms with Crippen LogP contribution in [-0.4, -0.2) is 16.3 Å². The first-order chi connectivity index (χ1) is 18.1. The number of benzene rings is 3. The van der Waals surface area contributed by atoms with Gasteiger partial charge in [0.25, 0.3) is 0 Å². The molecule has 0 N–H and O–H groups in total. The summed E-state index contributed by atoms with van der Waals surface area (Å²) in [5.41, 5.74) is 10.1.